The first-order valence-electron chi connectivity index (χ1n) is 4.23. The molecule has 14 heavy (non-hydrogen) atoms. The van der Waals surface area contributed by atoms with E-state index in [9.17, 15) is 4.79 Å². The number of benzene rings is 1. The zero-order valence-electron chi connectivity index (χ0n) is 8.07. The largest absolute Gasteiger partial charge is 0.508 e. The average Bonchev–Trinajstić information content (AvgIpc) is 2.16. The van der Waals surface area contributed by atoms with Crippen molar-refractivity contribution in [3.63, 3.8) is 0 Å². The smallest absolute Gasteiger partial charge is 0.244 e. The third kappa shape index (κ3) is 2.39. The summed E-state index contributed by atoms with van der Waals surface area (Å²) in [5.41, 5.74) is 0.709. The zero-order valence-corrected chi connectivity index (χ0v) is 8.82. The van der Waals surface area contributed by atoms with Gasteiger partial charge in [0.1, 0.15) is 11.1 Å². The van der Waals surface area contributed by atoms with Crippen molar-refractivity contribution in [2.24, 2.45) is 0 Å². The predicted octanol–water partition coefficient (Wildman–Crippen LogP) is 1.98. The molecule has 0 aliphatic heterocycles. The SMILES string of the molecule is CC(Cl)C(=O)N(C)c1ccc(O)cc1. The van der Waals surface area contributed by atoms with E-state index in [0.29, 0.717) is 5.69 Å². The summed E-state index contributed by atoms with van der Waals surface area (Å²) < 4.78 is 0. The van der Waals surface area contributed by atoms with Gasteiger partial charge in [-0.2, -0.15) is 0 Å². The number of phenolic OH excluding ortho intramolecular Hbond substituents is 1. The number of hydrogen-bond acceptors (Lipinski definition) is 2. The Morgan fingerprint density at radius 3 is 2.36 bits per heavy atom. The van der Waals surface area contributed by atoms with Crippen LogP contribution in [0.5, 0.6) is 5.75 Å². The topological polar surface area (TPSA) is 40.5 Å². The third-order valence-corrected chi connectivity index (χ3v) is 2.09. The number of carbonyl (C=O) groups excluding carboxylic acids is 1. The van der Waals surface area contributed by atoms with Crippen molar-refractivity contribution in [3.8, 4) is 5.75 Å². The fourth-order valence-corrected chi connectivity index (χ4v) is 1.22. The molecule has 0 saturated heterocycles. The van der Waals surface area contributed by atoms with Crippen LogP contribution < -0.4 is 4.90 Å². The lowest BCUT2D eigenvalue weighted by molar-refractivity contribution is -0.117. The lowest BCUT2D eigenvalue weighted by Gasteiger charge is -2.18. The van der Waals surface area contributed by atoms with Gasteiger partial charge >= 0.3 is 0 Å². The summed E-state index contributed by atoms with van der Waals surface area (Å²) in [4.78, 5) is 12.9. The van der Waals surface area contributed by atoms with Gasteiger partial charge in [-0.1, -0.05) is 0 Å². The number of amides is 1. The van der Waals surface area contributed by atoms with Crippen LogP contribution in [0.15, 0.2) is 24.3 Å². The lowest BCUT2D eigenvalue weighted by Crippen LogP contribution is -2.31. The highest BCUT2D eigenvalue weighted by Gasteiger charge is 2.15. The maximum Gasteiger partial charge on any atom is 0.244 e. The van der Waals surface area contributed by atoms with Crippen LogP contribution in [0.2, 0.25) is 0 Å². The molecule has 4 heteroatoms. The van der Waals surface area contributed by atoms with E-state index in [1.807, 2.05) is 0 Å². The monoisotopic (exact) mass is 213 g/mol. The maximum absolute atomic E-state index is 11.5. The Balaban J connectivity index is 2.84. The number of halogens is 1. The van der Waals surface area contributed by atoms with Crippen LogP contribution in [0.3, 0.4) is 0 Å². The van der Waals surface area contributed by atoms with Crippen molar-refractivity contribution in [1.29, 1.82) is 0 Å². The highest BCUT2D eigenvalue weighted by molar-refractivity contribution is 6.32. The average molecular weight is 214 g/mol. The Morgan fingerprint density at radius 1 is 1.43 bits per heavy atom. The number of nitrogens with zero attached hydrogens (tertiary/aromatic N) is 1. The Hall–Kier alpha value is -1.22. The number of alkyl halides is 1. The highest BCUT2D eigenvalue weighted by Crippen LogP contribution is 2.18. The van der Waals surface area contributed by atoms with Gasteiger partial charge in [-0.05, 0) is 31.2 Å². The molecule has 0 radical (unpaired) electrons. The molecule has 0 aliphatic rings. The normalized spacial score (nSPS) is 12.2. The van der Waals surface area contributed by atoms with E-state index in [4.69, 9.17) is 16.7 Å². The van der Waals surface area contributed by atoms with Crippen LogP contribution in [0.1, 0.15) is 6.92 Å². The van der Waals surface area contributed by atoms with Crippen molar-refractivity contribution in [1.82, 2.24) is 0 Å². The van der Waals surface area contributed by atoms with E-state index in [1.54, 1.807) is 26.1 Å². The van der Waals surface area contributed by atoms with Gasteiger partial charge in [0.05, 0.1) is 0 Å². The maximum atomic E-state index is 11.5. The molecule has 0 heterocycles. The second-order valence-electron chi connectivity index (χ2n) is 3.03. The second kappa shape index (κ2) is 4.33. The summed E-state index contributed by atoms with van der Waals surface area (Å²) in [6.07, 6.45) is 0. The molecule has 0 fully saturated rings. The second-order valence-corrected chi connectivity index (χ2v) is 3.68. The first-order chi connectivity index (χ1) is 6.52. The molecule has 0 bridgehead atoms. The first-order valence-corrected chi connectivity index (χ1v) is 4.66. The Kier molecular flexibility index (Phi) is 3.36. The van der Waals surface area contributed by atoms with Crippen molar-refractivity contribution in [2.75, 3.05) is 11.9 Å². The van der Waals surface area contributed by atoms with E-state index in [2.05, 4.69) is 0 Å². The van der Waals surface area contributed by atoms with E-state index in [-0.39, 0.29) is 11.7 Å². The minimum absolute atomic E-state index is 0.169. The Bertz CT molecular complexity index is 321. The van der Waals surface area contributed by atoms with Crippen LogP contribution >= 0.6 is 11.6 Å². The molecule has 1 unspecified atom stereocenters. The van der Waals surface area contributed by atoms with E-state index in [0.717, 1.165) is 0 Å². The third-order valence-electron chi connectivity index (χ3n) is 1.91. The molecule has 0 aromatic heterocycles. The molecule has 1 amide bonds. The predicted molar refractivity (Wildman–Crippen MR) is 56.8 cm³/mol. The van der Waals surface area contributed by atoms with Gasteiger partial charge in [-0.25, -0.2) is 0 Å². The number of anilines is 1. The Morgan fingerprint density at radius 2 is 1.93 bits per heavy atom. The molecule has 3 nitrogen and oxygen atoms in total. The number of carbonyl (C=O) groups is 1. The van der Waals surface area contributed by atoms with E-state index in [1.165, 1.54) is 17.0 Å². The Labute approximate surface area is 87.9 Å². The standard InChI is InChI=1S/C10H12ClNO2/c1-7(11)10(14)12(2)8-3-5-9(13)6-4-8/h3-7,13H,1-2H3. The van der Waals surface area contributed by atoms with Gasteiger partial charge in [-0.3, -0.25) is 4.79 Å². The first kappa shape index (κ1) is 10.9. The summed E-state index contributed by atoms with van der Waals surface area (Å²) in [5, 5.41) is 8.51. The van der Waals surface area contributed by atoms with Crippen molar-refractivity contribution in [2.45, 2.75) is 12.3 Å². The van der Waals surface area contributed by atoms with E-state index < -0.39 is 5.38 Å². The number of hydrogen-bond donors (Lipinski definition) is 1. The minimum atomic E-state index is -0.547. The van der Waals surface area contributed by atoms with E-state index >= 15 is 0 Å². The summed E-state index contributed by atoms with van der Waals surface area (Å²) in [6, 6.07) is 6.37. The zero-order chi connectivity index (χ0) is 10.7. The van der Waals surface area contributed by atoms with Gasteiger partial charge in [0.2, 0.25) is 5.91 Å². The van der Waals surface area contributed by atoms with Gasteiger partial charge < -0.3 is 10.0 Å². The van der Waals surface area contributed by atoms with Gasteiger partial charge in [0.25, 0.3) is 0 Å². The highest BCUT2D eigenvalue weighted by atomic mass is 35.5. The van der Waals surface area contributed by atoms with Crippen LogP contribution in [0, 0.1) is 0 Å². The molecular formula is C10H12ClNO2. The van der Waals surface area contributed by atoms with Crippen LogP contribution in [-0.2, 0) is 4.79 Å². The number of phenols is 1. The summed E-state index contributed by atoms with van der Waals surface area (Å²) >= 11 is 5.66. The molecule has 76 valence electrons. The summed E-state index contributed by atoms with van der Waals surface area (Å²) in [6.45, 7) is 1.63. The van der Waals surface area contributed by atoms with Crippen molar-refractivity contribution >= 4 is 23.2 Å². The van der Waals surface area contributed by atoms with Crippen LogP contribution in [0.25, 0.3) is 0 Å². The molecule has 1 rings (SSSR count). The fraction of sp³-hybridized carbons (Fsp3) is 0.300. The fourth-order valence-electron chi connectivity index (χ4n) is 1.07. The molecule has 1 N–H and O–H groups in total. The molecule has 0 spiro atoms. The molecular weight excluding hydrogens is 202 g/mol. The lowest BCUT2D eigenvalue weighted by atomic mass is 10.2. The number of aromatic hydroxyl groups is 1. The van der Waals surface area contributed by atoms with Crippen molar-refractivity contribution in [3.05, 3.63) is 24.3 Å². The van der Waals surface area contributed by atoms with Crippen molar-refractivity contribution < 1.29 is 9.90 Å². The minimum Gasteiger partial charge on any atom is -0.508 e. The number of rotatable bonds is 2. The molecule has 1 aromatic rings. The van der Waals surface area contributed by atoms with Gasteiger partial charge in [0, 0.05) is 12.7 Å². The van der Waals surface area contributed by atoms with Crippen LogP contribution in [-0.4, -0.2) is 23.4 Å². The summed E-state index contributed by atoms with van der Waals surface area (Å²) in [7, 11) is 1.65. The molecule has 1 aromatic carbocycles. The molecule has 0 aliphatic carbocycles. The molecule has 1 atom stereocenters. The van der Waals surface area contributed by atoms with Crippen LogP contribution in [0.4, 0.5) is 5.69 Å². The summed E-state index contributed by atoms with van der Waals surface area (Å²) in [5.74, 6) is 0.00544. The molecule has 0 saturated carbocycles. The van der Waals surface area contributed by atoms with Gasteiger partial charge in [-0.15, -0.1) is 11.6 Å². The quantitative estimate of drug-likeness (QED) is 0.764. The van der Waals surface area contributed by atoms with Gasteiger partial charge in [0.15, 0.2) is 0 Å².